The van der Waals surface area contributed by atoms with Crippen LogP contribution in [-0.2, 0) is 0 Å². The second kappa shape index (κ2) is 5.15. The lowest BCUT2D eigenvalue weighted by Gasteiger charge is -2.23. The summed E-state index contributed by atoms with van der Waals surface area (Å²) < 4.78 is 0. The molecule has 19 heavy (non-hydrogen) atoms. The minimum Gasteiger partial charge on any atom is -0.390 e. The van der Waals surface area contributed by atoms with Gasteiger partial charge in [0.1, 0.15) is 5.82 Å². The van der Waals surface area contributed by atoms with Crippen LogP contribution in [0.4, 0.5) is 5.82 Å². The van der Waals surface area contributed by atoms with Crippen molar-refractivity contribution in [2.24, 2.45) is 0 Å². The highest BCUT2D eigenvalue weighted by Crippen LogP contribution is 2.19. The van der Waals surface area contributed by atoms with Crippen LogP contribution >= 0.6 is 0 Å². The van der Waals surface area contributed by atoms with E-state index in [9.17, 15) is 5.11 Å². The van der Waals surface area contributed by atoms with Crippen LogP contribution in [0, 0.1) is 0 Å². The third-order valence-electron chi connectivity index (χ3n) is 3.61. The summed E-state index contributed by atoms with van der Waals surface area (Å²) in [6.07, 6.45) is -0.319. The number of likely N-dealkylation sites (N-methyl/N-ethyl adjacent to an activating group) is 1. The molecule has 100 valence electrons. The summed E-state index contributed by atoms with van der Waals surface area (Å²) in [5.74, 6) is 0.952. The highest BCUT2D eigenvalue weighted by Gasteiger charge is 2.19. The van der Waals surface area contributed by atoms with Gasteiger partial charge in [0.15, 0.2) is 0 Å². The normalized spacial score (nSPS) is 21.6. The van der Waals surface area contributed by atoms with Crippen molar-refractivity contribution in [3.05, 3.63) is 36.4 Å². The Bertz CT molecular complexity index is 572. The maximum atomic E-state index is 9.99. The van der Waals surface area contributed by atoms with Gasteiger partial charge in [-0.2, -0.15) is 0 Å². The smallest absolute Gasteiger partial charge is 0.129 e. The first kappa shape index (κ1) is 12.4. The number of nitrogens with zero attached hydrogens (tertiary/aromatic N) is 3. The molecule has 3 rings (SSSR count). The van der Waals surface area contributed by atoms with Crippen molar-refractivity contribution >= 4 is 16.7 Å². The highest BCUT2D eigenvalue weighted by molar-refractivity contribution is 5.80. The summed E-state index contributed by atoms with van der Waals surface area (Å²) in [5.41, 5.74) is 1.01. The molecular weight excluding hydrogens is 238 g/mol. The number of aromatic nitrogens is 1. The van der Waals surface area contributed by atoms with Gasteiger partial charge < -0.3 is 14.9 Å². The van der Waals surface area contributed by atoms with E-state index in [1.165, 1.54) is 0 Å². The lowest BCUT2D eigenvalue weighted by atomic mass is 10.2. The van der Waals surface area contributed by atoms with Gasteiger partial charge in [-0.3, -0.25) is 0 Å². The Kier molecular flexibility index (Phi) is 3.36. The zero-order valence-corrected chi connectivity index (χ0v) is 11.2. The van der Waals surface area contributed by atoms with E-state index >= 15 is 0 Å². The Morgan fingerprint density at radius 3 is 2.84 bits per heavy atom. The number of fused-ring (bicyclic) bond motifs is 1. The molecule has 1 aliphatic heterocycles. The molecule has 1 aliphatic rings. The molecule has 1 aromatic carbocycles. The molecule has 1 saturated heterocycles. The number of benzene rings is 1. The summed E-state index contributed by atoms with van der Waals surface area (Å²) in [7, 11) is 2.04. The fourth-order valence-electron chi connectivity index (χ4n) is 2.59. The summed E-state index contributed by atoms with van der Waals surface area (Å²) >= 11 is 0. The number of anilines is 1. The van der Waals surface area contributed by atoms with Gasteiger partial charge in [0.05, 0.1) is 11.6 Å². The van der Waals surface area contributed by atoms with Gasteiger partial charge in [-0.05, 0) is 25.2 Å². The highest BCUT2D eigenvalue weighted by atomic mass is 16.3. The molecule has 0 spiro atoms. The monoisotopic (exact) mass is 257 g/mol. The van der Waals surface area contributed by atoms with Gasteiger partial charge in [0.25, 0.3) is 0 Å². The van der Waals surface area contributed by atoms with Crippen LogP contribution in [0.2, 0.25) is 0 Å². The van der Waals surface area contributed by atoms with Gasteiger partial charge in [0.2, 0.25) is 0 Å². The molecule has 0 unspecified atom stereocenters. The maximum Gasteiger partial charge on any atom is 0.129 e. The molecule has 1 N–H and O–H groups in total. The summed E-state index contributed by atoms with van der Waals surface area (Å²) in [6, 6.07) is 12.3. The van der Waals surface area contributed by atoms with E-state index in [0.717, 1.165) is 36.4 Å². The molecule has 1 atom stereocenters. The first-order valence-corrected chi connectivity index (χ1v) is 6.70. The Balaban J connectivity index is 1.90. The zero-order valence-electron chi connectivity index (χ0n) is 11.2. The van der Waals surface area contributed by atoms with E-state index in [0.29, 0.717) is 6.54 Å². The van der Waals surface area contributed by atoms with Crippen LogP contribution in [0.3, 0.4) is 0 Å². The lowest BCUT2D eigenvalue weighted by molar-refractivity contribution is 0.145. The lowest BCUT2D eigenvalue weighted by Crippen LogP contribution is -2.33. The van der Waals surface area contributed by atoms with Gasteiger partial charge in [-0.1, -0.05) is 18.2 Å². The second-order valence-corrected chi connectivity index (χ2v) is 5.22. The van der Waals surface area contributed by atoms with Crippen molar-refractivity contribution in [1.82, 2.24) is 9.88 Å². The summed E-state index contributed by atoms with van der Waals surface area (Å²) in [5, 5.41) is 11.1. The molecule has 0 bridgehead atoms. The predicted octanol–water partition coefficient (Wildman–Crippen LogP) is 1.35. The fraction of sp³-hybridized carbons (Fsp3) is 0.400. The Morgan fingerprint density at radius 1 is 1.11 bits per heavy atom. The number of hydrogen-bond donors (Lipinski definition) is 1. The number of aliphatic hydroxyl groups excluding tert-OH is 1. The quantitative estimate of drug-likeness (QED) is 0.837. The first-order chi connectivity index (χ1) is 9.22. The van der Waals surface area contributed by atoms with Crippen LogP contribution < -0.4 is 4.90 Å². The predicted molar refractivity (Wildman–Crippen MR) is 77.5 cm³/mol. The number of aliphatic hydroxyl groups is 1. The number of hydrogen-bond acceptors (Lipinski definition) is 4. The third-order valence-corrected chi connectivity index (χ3v) is 3.61. The summed E-state index contributed by atoms with van der Waals surface area (Å²) in [4.78, 5) is 9.02. The van der Waals surface area contributed by atoms with Crippen molar-refractivity contribution in [1.29, 1.82) is 0 Å². The number of β-amino-alcohol motifs (C(OH)–C–C–N with tert-alkyl or cyclic N) is 1. The van der Waals surface area contributed by atoms with Crippen molar-refractivity contribution in [2.75, 3.05) is 38.1 Å². The van der Waals surface area contributed by atoms with Crippen LogP contribution in [-0.4, -0.2) is 54.3 Å². The van der Waals surface area contributed by atoms with Crippen LogP contribution in [0.15, 0.2) is 36.4 Å². The van der Waals surface area contributed by atoms with E-state index in [1.54, 1.807) is 0 Å². The fourth-order valence-corrected chi connectivity index (χ4v) is 2.59. The number of para-hydroxylation sites is 1. The van der Waals surface area contributed by atoms with Gasteiger partial charge in [0, 0.05) is 31.6 Å². The molecule has 0 saturated carbocycles. The Labute approximate surface area is 113 Å². The molecule has 4 nitrogen and oxygen atoms in total. The van der Waals surface area contributed by atoms with Crippen molar-refractivity contribution in [3.8, 4) is 0 Å². The average Bonchev–Trinajstić information content (AvgIpc) is 2.59. The van der Waals surface area contributed by atoms with Crippen molar-refractivity contribution in [2.45, 2.75) is 6.10 Å². The number of rotatable bonds is 1. The SMILES string of the molecule is CN1CCN(c2ccc3ccccc3n2)C[C@H](O)C1. The van der Waals surface area contributed by atoms with Crippen molar-refractivity contribution < 1.29 is 5.11 Å². The third kappa shape index (κ3) is 2.69. The Morgan fingerprint density at radius 2 is 1.95 bits per heavy atom. The van der Waals surface area contributed by atoms with Crippen LogP contribution in [0.1, 0.15) is 0 Å². The molecule has 1 aromatic heterocycles. The zero-order chi connectivity index (χ0) is 13.2. The topological polar surface area (TPSA) is 39.6 Å². The molecular formula is C15H19N3O. The number of pyridine rings is 1. The molecule has 2 aromatic rings. The van der Waals surface area contributed by atoms with Gasteiger partial charge >= 0.3 is 0 Å². The van der Waals surface area contributed by atoms with Gasteiger partial charge in [-0.15, -0.1) is 0 Å². The van der Waals surface area contributed by atoms with E-state index in [4.69, 9.17) is 4.98 Å². The van der Waals surface area contributed by atoms with Crippen LogP contribution in [0.25, 0.3) is 10.9 Å². The van der Waals surface area contributed by atoms with E-state index in [2.05, 4.69) is 21.9 Å². The largest absolute Gasteiger partial charge is 0.390 e. The Hall–Kier alpha value is -1.65. The minimum absolute atomic E-state index is 0.319. The van der Waals surface area contributed by atoms with E-state index < -0.39 is 0 Å². The average molecular weight is 257 g/mol. The van der Waals surface area contributed by atoms with Crippen molar-refractivity contribution in [3.63, 3.8) is 0 Å². The molecule has 0 radical (unpaired) electrons. The minimum atomic E-state index is -0.319. The molecule has 1 fully saturated rings. The second-order valence-electron chi connectivity index (χ2n) is 5.22. The molecule has 2 heterocycles. The summed E-state index contributed by atoms with van der Waals surface area (Å²) in [6.45, 7) is 3.23. The first-order valence-electron chi connectivity index (χ1n) is 6.70. The van der Waals surface area contributed by atoms with E-state index in [1.807, 2.05) is 31.3 Å². The standard InChI is InChI=1S/C15H19N3O/c1-17-8-9-18(11-13(19)10-17)15-7-6-12-4-2-3-5-14(12)16-15/h2-7,13,19H,8-11H2,1H3/t13-/m1/s1. The van der Waals surface area contributed by atoms with E-state index in [-0.39, 0.29) is 6.10 Å². The maximum absolute atomic E-state index is 9.99. The molecule has 4 heteroatoms. The molecule has 0 amide bonds. The molecule has 0 aliphatic carbocycles. The van der Waals surface area contributed by atoms with Crippen LogP contribution in [0.5, 0.6) is 0 Å². The van der Waals surface area contributed by atoms with Gasteiger partial charge in [-0.25, -0.2) is 4.98 Å².